The number of ether oxygens (including phenoxy) is 3. The third-order valence-corrected chi connectivity index (χ3v) is 5.71. The molecule has 0 saturated heterocycles. The van der Waals surface area contributed by atoms with Gasteiger partial charge in [-0.1, -0.05) is 54.6 Å². The predicted molar refractivity (Wildman–Crippen MR) is 136 cm³/mol. The molecule has 178 valence electrons. The molecule has 4 aromatic rings. The Morgan fingerprint density at radius 3 is 2.14 bits per heavy atom. The molecule has 0 aliphatic rings. The Kier molecular flexibility index (Phi) is 7.63. The zero-order valence-electron chi connectivity index (χ0n) is 19.8. The van der Waals surface area contributed by atoms with Crippen molar-refractivity contribution in [3.63, 3.8) is 0 Å². The third kappa shape index (κ3) is 5.98. The lowest BCUT2D eigenvalue weighted by molar-refractivity contribution is 0.0919. The summed E-state index contributed by atoms with van der Waals surface area (Å²) >= 11 is 0. The third-order valence-electron chi connectivity index (χ3n) is 5.71. The number of carbonyl (C=O) groups excluding carboxylic acids is 1. The molecule has 1 aromatic heterocycles. The number of pyridine rings is 1. The van der Waals surface area contributed by atoms with E-state index in [2.05, 4.69) is 0 Å². The molecule has 0 bridgehead atoms. The van der Waals surface area contributed by atoms with Crippen molar-refractivity contribution in [2.75, 3.05) is 20.3 Å². The molecule has 1 heterocycles. The number of methoxy groups -OCH3 is 1. The Bertz CT molecular complexity index is 1330. The highest BCUT2D eigenvalue weighted by Gasteiger charge is 2.13. The minimum atomic E-state index is -0.262. The quantitative estimate of drug-likeness (QED) is 0.300. The summed E-state index contributed by atoms with van der Waals surface area (Å²) in [6, 6.07) is 26.1. The Labute approximate surface area is 204 Å². The van der Waals surface area contributed by atoms with E-state index < -0.39 is 0 Å². The number of hydrogen-bond acceptors (Lipinski definition) is 5. The van der Waals surface area contributed by atoms with Crippen LogP contribution >= 0.6 is 0 Å². The van der Waals surface area contributed by atoms with Gasteiger partial charge in [0.15, 0.2) is 18.1 Å². The Morgan fingerprint density at radius 2 is 1.46 bits per heavy atom. The molecule has 0 aliphatic heterocycles. The predicted octanol–water partition coefficient (Wildman–Crippen LogP) is 5.17. The lowest BCUT2D eigenvalue weighted by Gasteiger charge is -2.15. The Hall–Kier alpha value is -4.32. The van der Waals surface area contributed by atoms with Crippen molar-refractivity contribution in [3.05, 3.63) is 113 Å². The molecule has 35 heavy (non-hydrogen) atoms. The van der Waals surface area contributed by atoms with Gasteiger partial charge in [-0.15, -0.1) is 0 Å². The molecule has 0 N–H and O–H groups in total. The van der Waals surface area contributed by atoms with Crippen LogP contribution in [0.2, 0.25) is 0 Å². The molecule has 0 aliphatic carbocycles. The first-order valence-corrected chi connectivity index (χ1v) is 11.3. The van der Waals surface area contributed by atoms with Gasteiger partial charge in [-0.2, -0.15) is 0 Å². The SMILES string of the molecule is COc1ccc(OCCn2ccc(=O)c(OCC(=O)c3ccc(-c4ccccc4)cc3)c2C)cc1. The molecule has 0 fully saturated rings. The number of hydrogen-bond donors (Lipinski definition) is 0. The molecule has 0 saturated carbocycles. The van der Waals surface area contributed by atoms with Gasteiger partial charge in [0.2, 0.25) is 5.43 Å². The molecule has 6 nitrogen and oxygen atoms in total. The molecule has 0 amide bonds. The maximum atomic E-state index is 12.7. The number of ketones is 1. The lowest BCUT2D eigenvalue weighted by atomic mass is 10.0. The summed E-state index contributed by atoms with van der Waals surface area (Å²) in [6.45, 7) is 2.50. The summed E-state index contributed by atoms with van der Waals surface area (Å²) in [6.07, 6.45) is 1.70. The second kappa shape index (κ2) is 11.2. The summed E-state index contributed by atoms with van der Waals surface area (Å²) < 4.78 is 18.5. The number of rotatable bonds is 10. The zero-order valence-corrected chi connectivity index (χ0v) is 19.8. The van der Waals surface area contributed by atoms with Crippen molar-refractivity contribution in [2.45, 2.75) is 13.5 Å². The van der Waals surface area contributed by atoms with E-state index in [9.17, 15) is 9.59 Å². The van der Waals surface area contributed by atoms with E-state index in [0.717, 1.165) is 22.6 Å². The summed E-state index contributed by atoms with van der Waals surface area (Å²) in [5, 5.41) is 0. The standard InChI is InChI=1S/C29H27NO5/c1-21-29(27(31)16-17-30(21)18-19-34-26-14-12-25(33-2)13-15-26)35-20-28(32)24-10-8-23(9-11-24)22-6-4-3-5-7-22/h3-17H,18-20H2,1-2H3. The second-order valence-electron chi connectivity index (χ2n) is 7.97. The molecule has 3 aromatic carbocycles. The zero-order chi connectivity index (χ0) is 24.6. The molecule has 0 atom stereocenters. The van der Waals surface area contributed by atoms with Gasteiger partial charge in [0.05, 0.1) is 19.3 Å². The summed E-state index contributed by atoms with van der Waals surface area (Å²) in [4.78, 5) is 25.1. The maximum Gasteiger partial charge on any atom is 0.223 e. The summed E-state index contributed by atoms with van der Waals surface area (Å²) in [5.41, 5.74) is 3.03. The topological polar surface area (TPSA) is 66.8 Å². The number of Topliss-reactive ketones (excluding diaryl/α,β-unsaturated/α-hetero) is 1. The molecule has 6 heteroatoms. The number of nitrogens with zero attached hydrogens (tertiary/aromatic N) is 1. The highest BCUT2D eigenvalue weighted by atomic mass is 16.5. The fourth-order valence-corrected chi connectivity index (χ4v) is 3.71. The van der Waals surface area contributed by atoms with Crippen molar-refractivity contribution in [1.82, 2.24) is 4.57 Å². The summed E-state index contributed by atoms with van der Waals surface area (Å²) in [7, 11) is 1.61. The largest absolute Gasteiger partial charge is 0.497 e. The molecule has 0 spiro atoms. The van der Waals surface area contributed by atoms with E-state index in [4.69, 9.17) is 14.2 Å². The van der Waals surface area contributed by atoms with Crippen LogP contribution in [0, 0.1) is 6.92 Å². The molecular formula is C29H27NO5. The van der Waals surface area contributed by atoms with Gasteiger partial charge in [0.1, 0.15) is 18.1 Å². The number of benzene rings is 3. The van der Waals surface area contributed by atoms with Crippen LogP contribution in [0.4, 0.5) is 0 Å². The van der Waals surface area contributed by atoms with Gasteiger partial charge < -0.3 is 18.8 Å². The van der Waals surface area contributed by atoms with Crippen LogP contribution in [0.5, 0.6) is 17.2 Å². The number of aromatic nitrogens is 1. The van der Waals surface area contributed by atoms with Crippen LogP contribution in [0.15, 0.2) is 95.9 Å². The number of carbonyl (C=O) groups is 1. The smallest absolute Gasteiger partial charge is 0.223 e. The lowest BCUT2D eigenvalue weighted by Crippen LogP contribution is -2.20. The summed E-state index contributed by atoms with van der Waals surface area (Å²) in [5.74, 6) is 1.47. The van der Waals surface area contributed by atoms with Crippen LogP contribution in [-0.2, 0) is 6.54 Å². The van der Waals surface area contributed by atoms with Crippen molar-refractivity contribution in [1.29, 1.82) is 0 Å². The van der Waals surface area contributed by atoms with Crippen molar-refractivity contribution in [2.24, 2.45) is 0 Å². The van der Waals surface area contributed by atoms with E-state index in [-0.39, 0.29) is 23.6 Å². The van der Waals surface area contributed by atoms with Gasteiger partial charge in [-0.05, 0) is 42.3 Å². The van der Waals surface area contributed by atoms with E-state index in [1.54, 1.807) is 32.4 Å². The minimum absolute atomic E-state index is 0.172. The molecule has 0 radical (unpaired) electrons. The average Bonchev–Trinajstić information content (AvgIpc) is 2.90. The first-order chi connectivity index (χ1) is 17.0. The highest BCUT2D eigenvalue weighted by molar-refractivity contribution is 5.97. The van der Waals surface area contributed by atoms with Crippen molar-refractivity contribution < 1.29 is 19.0 Å². The van der Waals surface area contributed by atoms with Crippen LogP contribution < -0.4 is 19.6 Å². The van der Waals surface area contributed by atoms with E-state index in [1.165, 1.54) is 6.07 Å². The first kappa shape index (κ1) is 23.8. The van der Waals surface area contributed by atoms with Gasteiger partial charge in [0, 0.05) is 17.8 Å². The van der Waals surface area contributed by atoms with Crippen LogP contribution in [0.1, 0.15) is 16.1 Å². The Balaban J connectivity index is 1.36. The molecule has 4 rings (SSSR count). The van der Waals surface area contributed by atoms with Crippen LogP contribution in [-0.4, -0.2) is 30.7 Å². The van der Waals surface area contributed by atoms with Gasteiger partial charge in [-0.3, -0.25) is 9.59 Å². The molecule has 0 unspecified atom stereocenters. The first-order valence-electron chi connectivity index (χ1n) is 11.3. The van der Waals surface area contributed by atoms with E-state index >= 15 is 0 Å². The Morgan fingerprint density at radius 1 is 0.800 bits per heavy atom. The fraction of sp³-hybridized carbons (Fsp3) is 0.172. The minimum Gasteiger partial charge on any atom is -0.497 e. The highest BCUT2D eigenvalue weighted by Crippen LogP contribution is 2.20. The van der Waals surface area contributed by atoms with Crippen molar-refractivity contribution in [3.8, 4) is 28.4 Å². The maximum absolute atomic E-state index is 12.7. The van der Waals surface area contributed by atoms with Crippen LogP contribution in [0.3, 0.4) is 0 Å². The normalized spacial score (nSPS) is 10.6. The van der Waals surface area contributed by atoms with Crippen LogP contribution in [0.25, 0.3) is 11.1 Å². The molecular weight excluding hydrogens is 442 g/mol. The van der Waals surface area contributed by atoms with Gasteiger partial charge >= 0.3 is 0 Å². The van der Waals surface area contributed by atoms with E-state index in [1.807, 2.05) is 71.3 Å². The van der Waals surface area contributed by atoms with E-state index in [0.29, 0.717) is 24.4 Å². The second-order valence-corrected chi connectivity index (χ2v) is 7.97. The fourth-order valence-electron chi connectivity index (χ4n) is 3.71. The van der Waals surface area contributed by atoms with Gasteiger partial charge in [-0.25, -0.2) is 0 Å². The van der Waals surface area contributed by atoms with Crippen molar-refractivity contribution >= 4 is 5.78 Å². The van der Waals surface area contributed by atoms with Gasteiger partial charge in [0.25, 0.3) is 0 Å². The monoisotopic (exact) mass is 469 g/mol. The average molecular weight is 470 g/mol.